The fraction of sp³-hybridized carbons (Fsp3) is 0.800. The van der Waals surface area contributed by atoms with Crippen molar-refractivity contribution < 1.29 is 19.8 Å². The molecule has 2 N–H and O–H groups in total. The average Bonchev–Trinajstić information content (AvgIpc) is 2.49. The molecule has 0 aromatic rings. The van der Waals surface area contributed by atoms with Crippen molar-refractivity contribution in [3.8, 4) is 0 Å². The molecule has 2 atom stereocenters. The third-order valence-corrected chi connectivity index (χ3v) is 5.91. The Kier molecular flexibility index (Phi) is 7.66. The molecule has 0 spiro atoms. The standard InChI is InChI=1S/C20H35NO4/c1-19(2)14-13-16(20(3,4)21(19)5)15(18(24)25)11-9-7-6-8-10-12-17(22)23/h13-16H,6-12H2,1-5H3,(H,22,23)(H,24,25). The van der Waals surface area contributed by atoms with Crippen molar-refractivity contribution in [3.05, 3.63) is 12.2 Å². The van der Waals surface area contributed by atoms with Crippen LogP contribution in [0.25, 0.3) is 0 Å². The van der Waals surface area contributed by atoms with Gasteiger partial charge in [0.15, 0.2) is 0 Å². The first kappa shape index (κ1) is 21.7. The van der Waals surface area contributed by atoms with Gasteiger partial charge in [0, 0.05) is 23.4 Å². The Balaban J connectivity index is 2.60. The summed E-state index contributed by atoms with van der Waals surface area (Å²) < 4.78 is 0. The maximum Gasteiger partial charge on any atom is 0.307 e. The lowest BCUT2D eigenvalue weighted by atomic mass is 9.70. The van der Waals surface area contributed by atoms with E-state index in [1.807, 2.05) is 0 Å². The molecule has 2 unspecified atom stereocenters. The summed E-state index contributed by atoms with van der Waals surface area (Å²) in [6, 6.07) is 0. The molecule has 0 aromatic carbocycles. The largest absolute Gasteiger partial charge is 0.481 e. The molecule has 0 amide bonds. The minimum absolute atomic E-state index is 0.0185. The molecule has 1 heterocycles. The topological polar surface area (TPSA) is 77.8 Å². The Morgan fingerprint density at radius 2 is 1.60 bits per heavy atom. The molecule has 0 saturated heterocycles. The van der Waals surface area contributed by atoms with E-state index in [1.54, 1.807) is 0 Å². The van der Waals surface area contributed by atoms with Gasteiger partial charge in [-0.15, -0.1) is 0 Å². The fourth-order valence-electron chi connectivity index (χ4n) is 3.91. The minimum Gasteiger partial charge on any atom is -0.481 e. The first-order valence-electron chi connectivity index (χ1n) is 9.38. The minimum atomic E-state index is -0.746. The SMILES string of the molecule is CN1C(C)(C)C=CC(C(CCCCCCCC(=O)O)C(=O)O)C1(C)C. The van der Waals surface area contributed by atoms with E-state index >= 15 is 0 Å². The van der Waals surface area contributed by atoms with Crippen LogP contribution >= 0.6 is 0 Å². The van der Waals surface area contributed by atoms with Crippen molar-refractivity contribution in [3.63, 3.8) is 0 Å². The van der Waals surface area contributed by atoms with E-state index < -0.39 is 11.9 Å². The van der Waals surface area contributed by atoms with E-state index in [-0.39, 0.29) is 29.3 Å². The predicted molar refractivity (Wildman–Crippen MR) is 99.6 cm³/mol. The van der Waals surface area contributed by atoms with E-state index in [0.717, 1.165) is 25.7 Å². The third kappa shape index (κ3) is 5.84. The second-order valence-electron chi connectivity index (χ2n) is 8.40. The smallest absolute Gasteiger partial charge is 0.307 e. The van der Waals surface area contributed by atoms with Crippen molar-refractivity contribution in [2.45, 2.75) is 83.7 Å². The van der Waals surface area contributed by atoms with Crippen LogP contribution in [0.1, 0.15) is 72.6 Å². The van der Waals surface area contributed by atoms with Crippen LogP contribution < -0.4 is 0 Å². The summed E-state index contributed by atoms with van der Waals surface area (Å²) >= 11 is 0. The highest BCUT2D eigenvalue weighted by Gasteiger charge is 2.46. The molecule has 5 heteroatoms. The van der Waals surface area contributed by atoms with Crippen LogP contribution in [0.2, 0.25) is 0 Å². The summed E-state index contributed by atoms with van der Waals surface area (Å²) in [6.45, 7) is 8.55. The first-order chi connectivity index (χ1) is 11.5. The van der Waals surface area contributed by atoms with Crippen molar-refractivity contribution in [1.29, 1.82) is 0 Å². The molecular weight excluding hydrogens is 318 g/mol. The van der Waals surface area contributed by atoms with Crippen molar-refractivity contribution in [1.82, 2.24) is 4.90 Å². The van der Waals surface area contributed by atoms with Crippen LogP contribution in [0.5, 0.6) is 0 Å². The number of rotatable bonds is 10. The van der Waals surface area contributed by atoms with Gasteiger partial charge in [0.2, 0.25) is 0 Å². The zero-order chi connectivity index (χ0) is 19.3. The summed E-state index contributed by atoms with van der Waals surface area (Å²) in [7, 11) is 2.07. The van der Waals surface area contributed by atoms with Crippen molar-refractivity contribution in [2.75, 3.05) is 7.05 Å². The second kappa shape index (κ2) is 8.84. The Morgan fingerprint density at radius 1 is 1.04 bits per heavy atom. The number of aliphatic carboxylic acids is 2. The van der Waals surface area contributed by atoms with Crippen LogP contribution in [0.3, 0.4) is 0 Å². The lowest BCUT2D eigenvalue weighted by Crippen LogP contribution is -2.60. The molecule has 1 aliphatic rings. The van der Waals surface area contributed by atoms with Gasteiger partial charge >= 0.3 is 11.9 Å². The number of carboxylic acids is 2. The number of hydrogen-bond donors (Lipinski definition) is 2. The average molecular weight is 354 g/mol. The Hall–Kier alpha value is -1.36. The number of likely N-dealkylation sites (N-methyl/N-ethyl adjacent to an activating group) is 1. The lowest BCUT2D eigenvalue weighted by molar-refractivity contribution is -0.146. The van der Waals surface area contributed by atoms with Gasteiger partial charge in [0.05, 0.1) is 5.92 Å². The summed E-state index contributed by atoms with van der Waals surface area (Å²) in [5.41, 5.74) is -0.296. The van der Waals surface area contributed by atoms with Gasteiger partial charge in [-0.1, -0.05) is 37.8 Å². The highest BCUT2D eigenvalue weighted by molar-refractivity contribution is 5.71. The van der Waals surface area contributed by atoms with Crippen molar-refractivity contribution >= 4 is 11.9 Å². The molecule has 0 aliphatic carbocycles. The number of carboxylic acid groups (broad SMARTS) is 2. The Morgan fingerprint density at radius 3 is 2.16 bits per heavy atom. The van der Waals surface area contributed by atoms with E-state index in [0.29, 0.717) is 12.8 Å². The van der Waals surface area contributed by atoms with Crippen molar-refractivity contribution in [2.24, 2.45) is 11.8 Å². The monoisotopic (exact) mass is 353 g/mol. The molecule has 5 nitrogen and oxygen atoms in total. The molecular formula is C20H35NO4. The lowest BCUT2D eigenvalue weighted by Gasteiger charge is -2.53. The zero-order valence-corrected chi connectivity index (χ0v) is 16.4. The number of nitrogens with zero attached hydrogens (tertiary/aromatic N) is 1. The normalized spacial score (nSPS) is 23.3. The second-order valence-corrected chi connectivity index (χ2v) is 8.40. The number of unbranched alkanes of at least 4 members (excludes halogenated alkanes) is 4. The van der Waals surface area contributed by atoms with Crippen LogP contribution in [0, 0.1) is 11.8 Å². The number of hydrogen-bond acceptors (Lipinski definition) is 3. The van der Waals surface area contributed by atoms with E-state index in [9.17, 15) is 14.7 Å². The van der Waals surface area contributed by atoms with E-state index in [1.165, 1.54) is 0 Å². The van der Waals surface area contributed by atoms with E-state index in [2.05, 4.69) is 51.8 Å². The Bertz CT molecular complexity index is 496. The van der Waals surface area contributed by atoms with Gasteiger partial charge in [0.1, 0.15) is 0 Å². The predicted octanol–water partition coefficient (Wildman–Crippen LogP) is 4.18. The Labute approximate surface area is 152 Å². The molecule has 0 radical (unpaired) electrons. The molecule has 0 aromatic heterocycles. The molecule has 25 heavy (non-hydrogen) atoms. The van der Waals surface area contributed by atoms with Crippen LogP contribution in [-0.4, -0.2) is 45.2 Å². The fourth-order valence-corrected chi connectivity index (χ4v) is 3.91. The van der Waals surface area contributed by atoms with Gasteiger partial charge in [0.25, 0.3) is 0 Å². The highest BCUT2D eigenvalue weighted by atomic mass is 16.4. The first-order valence-corrected chi connectivity index (χ1v) is 9.38. The highest BCUT2D eigenvalue weighted by Crippen LogP contribution is 2.41. The maximum absolute atomic E-state index is 11.9. The molecule has 0 fully saturated rings. The summed E-state index contributed by atoms with van der Waals surface area (Å²) in [6.07, 6.45) is 9.53. The summed E-state index contributed by atoms with van der Waals surface area (Å²) in [4.78, 5) is 24.6. The number of carbonyl (C=O) groups is 2. The van der Waals surface area contributed by atoms with Gasteiger partial charge in [-0.3, -0.25) is 14.5 Å². The maximum atomic E-state index is 11.9. The van der Waals surface area contributed by atoms with Crippen LogP contribution in [0.4, 0.5) is 0 Å². The van der Waals surface area contributed by atoms with Gasteiger partial charge in [-0.2, -0.15) is 0 Å². The van der Waals surface area contributed by atoms with Crippen LogP contribution in [0.15, 0.2) is 12.2 Å². The van der Waals surface area contributed by atoms with Crippen LogP contribution in [-0.2, 0) is 9.59 Å². The molecule has 1 aliphatic heterocycles. The van der Waals surface area contributed by atoms with Gasteiger partial charge in [-0.25, -0.2) is 0 Å². The van der Waals surface area contributed by atoms with Gasteiger partial charge in [-0.05, 0) is 47.6 Å². The molecule has 0 saturated carbocycles. The quantitative estimate of drug-likeness (QED) is 0.455. The van der Waals surface area contributed by atoms with E-state index in [4.69, 9.17) is 5.11 Å². The summed E-state index contributed by atoms with van der Waals surface area (Å²) in [5.74, 6) is -1.87. The third-order valence-electron chi connectivity index (χ3n) is 5.91. The molecule has 144 valence electrons. The molecule has 0 bridgehead atoms. The summed E-state index contributed by atoms with van der Waals surface area (Å²) in [5, 5.41) is 18.4. The zero-order valence-electron chi connectivity index (χ0n) is 16.4. The molecule has 1 rings (SSSR count). The van der Waals surface area contributed by atoms with Gasteiger partial charge < -0.3 is 10.2 Å².